The van der Waals surface area contributed by atoms with Crippen LogP contribution >= 0.6 is 0 Å². The van der Waals surface area contributed by atoms with E-state index >= 15 is 0 Å². The summed E-state index contributed by atoms with van der Waals surface area (Å²) in [5.74, 6) is 1.05. The summed E-state index contributed by atoms with van der Waals surface area (Å²) in [6.07, 6.45) is 0. The molecule has 0 aliphatic heterocycles. The van der Waals surface area contributed by atoms with Crippen LogP contribution in [0.5, 0.6) is 11.5 Å². The summed E-state index contributed by atoms with van der Waals surface area (Å²) >= 11 is 0. The summed E-state index contributed by atoms with van der Waals surface area (Å²) in [5, 5.41) is 0. The zero-order valence-corrected chi connectivity index (χ0v) is 12.2. The number of carbonyl (C=O) groups excluding carboxylic acids is 1. The van der Waals surface area contributed by atoms with Gasteiger partial charge >= 0.3 is 5.97 Å². The van der Waals surface area contributed by atoms with Gasteiger partial charge in [-0.3, -0.25) is 0 Å². The van der Waals surface area contributed by atoms with E-state index in [4.69, 9.17) is 9.47 Å². The fourth-order valence-electron chi connectivity index (χ4n) is 1.78. The average molecular weight is 286 g/mol. The van der Waals surface area contributed by atoms with Crippen molar-refractivity contribution >= 4 is 5.97 Å². The van der Waals surface area contributed by atoms with Crippen LogP contribution in [0.15, 0.2) is 48.5 Å². The van der Waals surface area contributed by atoms with Crippen LogP contribution in [-0.4, -0.2) is 26.3 Å². The van der Waals surface area contributed by atoms with Gasteiger partial charge in [0.05, 0.1) is 12.7 Å². The second-order valence-electron chi connectivity index (χ2n) is 4.53. The monoisotopic (exact) mass is 286 g/mol. The van der Waals surface area contributed by atoms with Crippen LogP contribution in [0.4, 0.5) is 0 Å². The minimum Gasteiger partial charge on any atom is -0.490 e. The lowest BCUT2D eigenvalue weighted by Crippen LogP contribution is -2.09. The number of carbonyl (C=O) groups is 1. The molecule has 2 rings (SSSR count). The molecule has 0 aliphatic carbocycles. The predicted octanol–water partition coefficient (Wildman–Crippen LogP) is 3.24. The Morgan fingerprint density at radius 3 is 2.29 bits per heavy atom. The number of benzene rings is 2. The highest BCUT2D eigenvalue weighted by Gasteiger charge is 2.05. The standard InChI is InChI=1S/C17H18O4/c1-13-6-8-15(9-7-13)20-10-11-21-16-5-3-4-14(12-16)17(18)19-2/h3-9,12H,10-11H2,1-2H3. The first kappa shape index (κ1) is 14.9. The smallest absolute Gasteiger partial charge is 0.337 e. The van der Waals surface area contributed by atoms with Crippen molar-refractivity contribution in [1.82, 2.24) is 0 Å². The molecule has 0 radical (unpaired) electrons. The van der Waals surface area contributed by atoms with Crippen LogP contribution in [0, 0.1) is 6.92 Å². The lowest BCUT2D eigenvalue weighted by molar-refractivity contribution is 0.0600. The van der Waals surface area contributed by atoms with E-state index in [1.165, 1.54) is 12.7 Å². The quantitative estimate of drug-likeness (QED) is 0.604. The third kappa shape index (κ3) is 4.53. The van der Waals surface area contributed by atoms with Crippen LogP contribution in [0.25, 0.3) is 0 Å². The summed E-state index contributed by atoms with van der Waals surface area (Å²) in [5.41, 5.74) is 1.66. The van der Waals surface area contributed by atoms with E-state index in [2.05, 4.69) is 4.74 Å². The van der Waals surface area contributed by atoms with Gasteiger partial charge in [0, 0.05) is 0 Å². The van der Waals surface area contributed by atoms with Crippen molar-refractivity contribution in [2.24, 2.45) is 0 Å². The maximum atomic E-state index is 11.4. The van der Waals surface area contributed by atoms with Gasteiger partial charge in [0.15, 0.2) is 0 Å². The number of ether oxygens (including phenoxy) is 3. The van der Waals surface area contributed by atoms with Crippen molar-refractivity contribution in [2.45, 2.75) is 6.92 Å². The highest BCUT2D eigenvalue weighted by molar-refractivity contribution is 5.89. The molecule has 0 aromatic heterocycles. The topological polar surface area (TPSA) is 44.8 Å². The molecule has 0 atom stereocenters. The van der Waals surface area contributed by atoms with Crippen LogP contribution in [0.3, 0.4) is 0 Å². The van der Waals surface area contributed by atoms with E-state index in [-0.39, 0.29) is 5.97 Å². The Labute approximate surface area is 124 Å². The molecule has 0 fully saturated rings. The van der Waals surface area contributed by atoms with E-state index in [1.54, 1.807) is 24.3 Å². The van der Waals surface area contributed by atoms with Crippen molar-refractivity contribution in [2.75, 3.05) is 20.3 Å². The molecule has 21 heavy (non-hydrogen) atoms. The minimum absolute atomic E-state index is 0.378. The van der Waals surface area contributed by atoms with Gasteiger partial charge in [0.25, 0.3) is 0 Å². The highest BCUT2D eigenvalue weighted by Crippen LogP contribution is 2.15. The number of aryl methyl sites for hydroxylation is 1. The number of esters is 1. The van der Waals surface area contributed by atoms with E-state index in [9.17, 15) is 4.79 Å². The fraction of sp³-hybridized carbons (Fsp3) is 0.235. The first-order valence-electron chi connectivity index (χ1n) is 6.69. The molecule has 0 spiro atoms. The van der Waals surface area contributed by atoms with E-state index in [0.717, 1.165) is 5.75 Å². The second-order valence-corrected chi connectivity index (χ2v) is 4.53. The number of hydrogen-bond donors (Lipinski definition) is 0. The summed E-state index contributed by atoms with van der Waals surface area (Å²) in [6, 6.07) is 14.7. The third-order valence-corrected chi connectivity index (χ3v) is 2.90. The zero-order valence-electron chi connectivity index (χ0n) is 12.2. The van der Waals surface area contributed by atoms with Gasteiger partial charge in [-0.05, 0) is 37.3 Å². The van der Waals surface area contributed by atoms with Gasteiger partial charge in [-0.25, -0.2) is 4.79 Å². The molecule has 0 bridgehead atoms. The lowest BCUT2D eigenvalue weighted by Gasteiger charge is -2.09. The van der Waals surface area contributed by atoms with Crippen LogP contribution in [0.1, 0.15) is 15.9 Å². The second kappa shape index (κ2) is 7.33. The van der Waals surface area contributed by atoms with Crippen molar-refractivity contribution in [3.05, 3.63) is 59.7 Å². The molecule has 0 N–H and O–H groups in total. The van der Waals surface area contributed by atoms with Crippen LogP contribution < -0.4 is 9.47 Å². The Kier molecular flexibility index (Phi) is 5.21. The van der Waals surface area contributed by atoms with Gasteiger partial charge in [-0.15, -0.1) is 0 Å². The van der Waals surface area contributed by atoms with E-state index in [0.29, 0.717) is 24.5 Å². The van der Waals surface area contributed by atoms with Crippen molar-refractivity contribution < 1.29 is 19.0 Å². The Morgan fingerprint density at radius 2 is 1.62 bits per heavy atom. The molecule has 4 heteroatoms. The van der Waals surface area contributed by atoms with Gasteiger partial charge in [-0.2, -0.15) is 0 Å². The largest absolute Gasteiger partial charge is 0.490 e. The highest BCUT2D eigenvalue weighted by atomic mass is 16.5. The summed E-state index contributed by atoms with van der Waals surface area (Å²) in [4.78, 5) is 11.4. The molecule has 2 aromatic rings. The van der Waals surface area contributed by atoms with Crippen molar-refractivity contribution in [3.63, 3.8) is 0 Å². The first-order valence-corrected chi connectivity index (χ1v) is 6.69. The molecule has 0 aliphatic rings. The van der Waals surface area contributed by atoms with Crippen molar-refractivity contribution in [3.8, 4) is 11.5 Å². The number of hydrogen-bond acceptors (Lipinski definition) is 4. The van der Waals surface area contributed by atoms with Crippen LogP contribution in [0.2, 0.25) is 0 Å². The lowest BCUT2D eigenvalue weighted by atomic mass is 10.2. The Morgan fingerprint density at radius 1 is 0.952 bits per heavy atom. The molecule has 4 nitrogen and oxygen atoms in total. The molecule has 0 saturated heterocycles. The average Bonchev–Trinajstić information content (AvgIpc) is 2.53. The predicted molar refractivity (Wildman–Crippen MR) is 80.0 cm³/mol. The summed E-state index contributed by atoms with van der Waals surface area (Å²) < 4.78 is 15.8. The Bertz CT molecular complexity index is 590. The van der Waals surface area contributed by atoms with Gasteiger partial charge in [0.2, 0.25) is 0 Å². The minimum atomic E-state index is -0.378. The summed E-state index contributed by atoms with van der Waals surface area (Å²) in [7, 11) is 1.35. The molecule has 2 aromatic carbocycles. The van der Waals surface area contributed by atoms with Gasteiger partial charge in [-0.1, -0.05) is 23.8 Å². The Hall–Kier alpha value is -2.49. The first-order chi connectivity index (χ1) is 10.2. The zero-order chi connectivity index (χ0) is 15.1. The fourth-order valence-corrected chi connectivity index (χ4v) is 1.78. The molecule has 110 valence electrons. The van der Waals surface area contributed by atoms with Crippen LogP contribution in [-0.2, 0) is 4.74 Å². The van der Waals surface area contributed by atoms with E-state index in [1.807, 2.05) is 31.2 Å². The summed E-state index contributed by atoms with van der Waals surface area (Å²) in [6.45, 7) is 2.87. The van der Waals surface area contributed by atoms with Gasteiger partial charge < -0.3 is 14.2 Å². The van der Waals surface area contributed by atoms with Gasteiger partial charge in [0.1, 0.15) is 24.7 Å². The normalized spacial score (nSPS) is 10.0. The van der Waals surface area contributed by atoms with Crippen molar-refractivity contribution in [1.29, 1.82) is 0 Å². The van der Waals surface area contributed by atoms with E-state index < -0.39 is 0 Å². The molecular formula is C17H18O4. The molecule has 0 unspecified atom stereocenters. The maximum Gasteiger partial charge on any atom is 0.337 e. The maximum absolute atomic E-state index is 11.4. The number of rotatable bonds is 6. The molecule has 0 heterocycles. The third-order valence-electron chi connectivity index (χ3n) is 2.90. The Balaban J connectivity index is 1.80. The molecule has 0 saturated carbocycles. The SMILES string of the molecule is COC(=O)c1cccc(OCCOc2ccc(C)cc2)c1. The molecular weight excluding hydrogens is 268 g/mol. The molecule has 0 amide bonds. The number of methoxy groups -OCH3 is 1.